The lowest BCUT2D eigenvalue weighted by Gasteiger charge is -2.23. The molecule has 0 spiro atoms. The second-order valence-corrected chi connectivity index (χ2v) is 4.27. The molecule has 0 heterocycles. The van der Waals surface area contributed by atoms with Gasteiger partial charge in [0, 0.05) is 12.3 Å². The summed E-state index contributed by atoms with van der Waals surface area (Å²) in [5.41, 5.74) is -1.41. The fraction of sp³-hybridized carbons (Fsp3) is 0.750. The Morgan fingerprint density at radius 2 is 1.71 bits per heavy atom. The van der Waals surface area contributed by atoms with Crippen molar-refractivity contribution in [3.63, 3.8) is 0 Å². The molecule has 96 valence electrons. The molecular weight excluding hydrogens is 224 g/mol. The predicted octanol–water partition coefficient (Wildman–Crippen LogP) is 1.10. The van der Waals surface area contributed by atoms with Crippen molar-refractivity contribution in [2.75, 3.05) is 13.2 Å². The van der Waals surface area contributed by atoms with Gasteiger partial charge in [-0.25, -0.2) is 0 Å². The van der Waals surface area contributed by atoms with Gasteiger partial charge < -0.3 is 9.47 Å². The largest absolute Gasteiger partial charge is 0.465 e. The molecule has 5 nitrogen and oxygen atoms in total. The van der Waals surface area contributed by atoms with Gasteiger partial charge in [0.2, 0.25) is 0 Å². The van der Waals surface area contributed by atoms with E-state index in [4.69, 9.17) is 9.47 Å². The maximum absolute atomic E-state index is 11.9. The van der Waals surface area contributed by atoms with Gasteiger partial charge in [-0.2, -0.15) is 0 Å². The van der Waals surface area contributed by atoms with E-state index in [1.54, 1.807) is 20.8 Å². The fourth-order valence-electron chi connectivity index (χ4n) is 2.11. The topological polar surface area (TPSA) is 69.7 Å². The van der Waals surface area contributed by atoms with E-state index in [0.29, 0.717) is 0 Å². The molecule has 0 aromatic rings. The highest BCUT2D eigenvalue weighted by Crippen LogP contribution is 2.41. The van der Waals surface area contributed by atoms with E-state index in [0.717, 1.165) is 0 Å². The monoisotopic (exact) mass is 242 g/mol. The second-order valence-electron chi connectivity index (χ2n) is 4.27. The summed E-state index contributed by atoms with van der Waals surface area (Å²) in [5, 5.41) is 0. The summed E-state index contributed by atoms with van der Waals surface area (Å²) in [6, 6.07) is 0. The minimum absolute atomic E-state index is 0.0916. The third-order valence-corrected chi connectivity index (χ3v) is 3.01. The Hall–Kier alpha value is -1.39. The molecule has 1 rings (SSSR count). The third-order valence-electron chi connectivity index (χ3n) is 3.01. The van der Waals surface area contributed by atoms with Gasteiger partial charge in [0.25, 0.3) is 0 Å². The van der Waals surface area contributed by atoms with Crippen LogP contribution in [0.4, 0.5) is 0 Å². The molecule has 0 aromatic carbocycles. The number of hydrogen-bond acceptors (Lipinski definition) is 5. The summed E-state index contributed by atoms with van der Waals surface area (Å²) in [4.78, 5) is 35.4. The second kappa shape index (κ2) is 5.29. The van der Waals surface area contributed by atoms with Crippen LogP contribution in [0, 0.1) is 11.3 Å². The van der Waals surface area contributed by atoms with Crippen LogP contribution in [0.3, 0.4) is 0 Å². The van der Waals surface area contributed by atoms with Gasteiger partial charge in [0.15, 0.2) is 5.41 Å². The van der Waals surface area contributed by atoms with E-state index in [1.807, 2.05) is 0 Å². The molecule has 5 heteroatoms. The van der Waals surface area contributed by atoms with Crippen LogP contribution in [0.25, 0.3) is 0 Å². The van der Waals surface area contributed by atoms with E-state index < -0.39 is 17.4 Å². The molecule has 0 unspecified atom stereocenters. The first kappa shape index (κ1) is 13.7. The maximum Gasteiger partial charge on any atom is 0.323 e. The van der Waals surface area contributed by atoms with Crippen molar-refractivity contribution >= 4 is 17.7 Å². The Morgan fingerprint density at radius 3 is 2.00 bits per heavy atom. The lowest BCUT2D eigenvalue weighted by atomic mass is 9.85. The summed E-state index contributed by atoms with van der Waals surface area (Å²) in [6.07, 6.45) is 0.0787. The van der Waals surface area contributed by atoms with Crippen molar-refractivity contribution in [3.05, 3.63) is 0 Å². The molecule has 0 saturated heterocycles. The molecule has 17 heavy (non-hydrogen) atoms. The SMILES string of the molecule is CCOC(=O)C1(C(=O)OCC)CC(=O)[C@H](C)C1. The van der Waals surface area contributed by atoms with Crippen molar-refractivity contribution < 1.29 is 23.9 Å². The molecule has 0 aromatic heterocycles. The number of ether oxygens (including phenoxy) is 2. The highest BCUT2D eigenvalue weighted by molar-refractivity contribution is 6.06. The van der Waals surface area contributed by atoms with Gasteiger partial charge in [-0.3, -0.25) is 14.4 Å². The first-order valence-corrected chi connectivity index (χ1v) is 5.85. The van der Waals surface area contributed by atoms with Crippen molar-refractivity contribution in [1.29, 1.82) is 0 Å². The van der Waals surface area contributed by atoms with Crippen LogP contribution in [0.5, 0.6) is 0 Å². The maximum atomic E-state index is 11.9. The molecule has 0 bridgehead atoms. The van der Waals surface area contributed by atoms with Gasteiger partial charge >= 0.3 is 11.9 Å². The zero-order valence-electron chi connectivity index (χ0n) is 10.4. The molecule has 0 N–H and O–H groups in total. The molecule has 1 saturated carbocycles. The quantitative estimate of drug-likeness (QED) is 0.545. The van der Waals surface area contributed by atoms with Crippen molar-refractivity contribution in [1.82, 2.24) is 0 Å². The van der Waals surface area contributed by atoms with Crippen molar-refractivity contribution in [2.24, 2.45) is 11.3 Å². The normalized spacial score (nSPS) is 22.3. The van der Waals surface area contributed by atoms with E-state index in [9.17, 15) is 14.4 Å². The molecule has 0 aliphatic heterocycles. The number of carbonyl (C=O) groups is 3. The Bertz CT molecular complexity index is 316. The average molecular weight is 242 g/mol. The number of esters is 2. The molecule has 1 fully saturated rings. The third kappa shape index (κ3) is 2.48. The lowest BCUT2D eigenvalue weighted by Crippen LogP contribution is -2.40. The van der Waals surface area contributed by atoms with E-state index in [1.165, 1.54) is 0 Å². The highest BCUT2D eigenvalue weighted by Gasteiger charge is 2.56. The van der Waals surface area contributed by atoms with Crippen LogP contribution >= 0.6 is 0 Å². The van der Waals surface area contributed by atoms with Crippen LogP contribution in [0.15, 0.2) is 0 Å². The van der Waals surface area contributed by atoms with Crippen molar-refractivity contribution in [2.45, 2.75) is 33.6 Å². The Morgan fingerprint density at radius 1 is 1.24 bits per heavy atom. The molecule has 0 amide bonds. The number of rotatable bonds is 4. The summed E-state index contributed by atoms with van der Waals surface area (Å²) >= 11 is 0. The predicted molar refractivity (Wildman–Crippen MR) is 59.1 cm³/mol. The molecule has 1 atom stereocenters. The zero-order valence-corrected chi connectivity index (χ0v) is 10.4. The summed E-state index contributed by atoms with van der Waals surface area (Å²) < 4.78 is 9.80. The van der Waals surface area contributed by atoms with E-state index in [-0.39, 0.29) is 37.8 Å². The van der Waals surface area contributed by atoms with Crippen LogP contribution in [0.2, 0.25) is 0 Å². The summed E-state index contributed by atoms with van der Waals surface area (Å²) in [6.45, 7) is 5.40. The number of ketones is 1. The Balaban J connectivity index is 2.98. The van der Waals surface area contributed by atoms with Gasteiger partial charge in [-0.05, 0) is 20.3 Å². The molecule has 1 aliphatic rings. The Labute approximate surface area is 100 Å². The van der Waals surface area contributed by atoms with Crippen molar-refractivity contribution in [3.8, 4) is 0 Å². The van der Waals surface area contributed by atoms with Crippen LogP contribution in [-0.4, -0.2) is 30.9 Å². The van der Waals surface area contributed by atoms with Gasteiger partial charge in [-0.1, -0.05) is 6.92 Å². The fourth-order valence-corrected chi connectivity index (χ4v) is 2.11. The first-order valence-electron chi connectivity index (χ1n) is 5.85. The number of hydrogen-bond donors (Lipinski definition) is 0. The minimum atomic E-state index is -1.41. The average Bonchev–Trinajstić information content (AvgIpc) is 2.57. The zero-order chi connectivity index (χ0) is 13.1. The number of carbonyl (C=O) groups excluding carboxylic acids is 3. The standard InChI is InChI=1S/C12H18O5/c1-4-16-10(14)12(11(15)17-5-2)6-8(3)9(13)7-12/h8H,4-7H2,1-3H3/t8-/m1/s1. The summed E-state index contributed by atoms with van der Waals surface area (Å²) in [7, 11) is 0. The Kier molecular flexibility index (Phi) is 4.26. The highest BCUT2D eigenvalue weighted by atomic mass is 16.6. The lowest BCUT2D eigenvalue weighted by molar-refractivity contribution is -0.172. The van der Waals surface area contributed by atoms with Crippen LogP contribution in [0.1, 0.15) is 33.6 Å². The first-order chi connectivity index (χ1) is 7.97. The van der Waals surface area contributed by atoms with E-state index >= 15 is 0 Å². The molecule has 1 aliphatic carbocycles. The van der Waals surface area contributed by atoms with Gasteiger partial charge in [-0.15, -0.1) is 0 Å². The van der Waals surface area contributed by atoms with Gasteiger partial charge in [0.1, 0.15) is 5.78 Å². The van der Waals surface area contributed by atoms with Crippen LogP contribution in [-0.2, 0) is 23.9 Å². The van der Waals surface area contributed by atoms with Gasteiger partial charge in [0.05, 0.1) is 13.2 Å². The smallest absolute Gasteiger partial charge is 0.323 e. The number of Topliss-reactive ketones (excluding diaryl/α,β-unsaturated/α-hetero) is 1. The van der Waals surface area contributed by atoms with Crippen LogP contribution < -0.4 is 0 Å². The molecule has 0 radical (unpaired) electrons. The van der Waals surface area contributed by atoms with E-state index in [2.05, 4.69) is 0 Å². The minimum Gasteiger partial charge on any atom is -0.465 e. The molecular formula is C12H18O5. The summed E-state index contributed by atoms with van der Waals surface area (Å²) in [5.74, 6) is -1.68.